The molecular formula is C12H22ClN3. The molecule has 0 aliphatic heterocycles. The monoisotopic (exact) mass is 243 g/mol. The number of nitrogen functional groups attached to an aromatic ring is 2. The van der Waals surface area contributed by atoms with Gasteiger partial charge in [0.25, 0.3) is 0 Å². The Labute approximate surface area is 104 Å². The van der Waals surface area contributed by atoms with E-state index in [2.05, 4.69) is 12.2 Å². The number of unbranched alkanes of at least 4 members (excludes halogenated alkanes) is 2. The Balaban J connectivity index is 0.00000225. The van der Waals surface area contributed by atoms with Crippen LogP contribution in [0.2, 0.25) is 0 Å². The van der Waals surface area contributed by atoms with E-state index in [4.69, 9.17) is 11.5 Å². The minimum absolute atomic E-state index is 0. The van der Waals surface area contributed by atoms with Crippen LogP contribution in [0.3, 0.4) is 0 Å². The molecule has 0 aliphatic carbocycles. The molecule has 0 saturated carbocycles. The Morgan fingerprint density at radius 1 is 1.06 bits per heavy atom. The molecule has 1 aromatic carbocycles. The van der Waals surface area contributed by atoms with Crippen LogP contribution in [0.15, 0.2) is 18.2 Å². The Morgan fingerprint density at radius 2 is 1.69 bits per heavy atom. The van der Waals surface area contributed by atoms with Gasteiger partial charge in [-0.05, 0) is 36.7 Å². The molecule has 4 heteroatoms. The predicted octanol–water partition coefficient (Wildman–Crippen LogP) is 2.55. The fourth-order valence-corrected chi connectivity index (χ4v) is 1.58. The summed E-state index contributed by atoms with van der Waals surface area (Å²) in [5.74, 6) is 0. The molecule has 5 N–H and O–H groups in total. The maximum Gasteiger partial charge on any atom is 0.0337 e. The fraction of sp³-hybridized carbons (Fsp3) is 0.500. The number of rotatable bonds is 6. The van der Waals surface area contributed by atoms with Gasteiger partial charge in [-0.1, -0.05) is 19.8 Å². The van der Waals surface area contributed by atoms with Crippen LogP contribution in [0.5, 0.6) is 0 Å². The van der Waals surface area contributed by atoms with Crippen molar-refractivity contribution in [3.05, 3.63) is 23.8 Å². The molecule has 0 aliphatic rings. The largest absolute Gasteiger partial charge is 0.399 e. The number of benzene rings is 1. The van der Waals surface area contributed by atoms with E-state index in [1.165, 1.54) is 19.3 Å². The van der Waals surface area contributed by atoms with Crippen molar-refractivity contribution < 1.29 is 0 Å². The molecule has 92 valence electrons. The molecule has 1 rings (SSSR count). The number of nitrogens with two attached hydrogens (primary N) is 2. The number of halogens is 1. The molecule has 0 spiro atoms. The van der Waals surface area contributed by atoms with Crippen LogP contribution in [0.25, 0.3) is 0 Å². The van der Waals surface area contributed by atoms with Crippen molar-refractivity contribution in [2.75, 3.05) is 18.0 Å². The molecule has 0 aromatic heterocycles. The first-order chi connectivity index (χ1) is 7.22. The van der Waals surface area contributed by atoms with Gasteiger partial charge in [0, 0.05) is 17.9 Å². The number of hydrogen-bond acceptors (Lipinski definition) is 3. The van der Waals surface area contributed by atoms with Crippen LogP contribution >= 0.6 is 12.4 Å². The zero-order valence-corrected chi connectivity index (χ0v) is 10.6. The van der Waals surface area contributed by atoms with Gasteiger partial charge in [0.1, 0.15) is 0 Å². The fourth-order valence-electron chi connectivity index (χ4n) is 1.58. The second-order valence-corrected chi connectivity index (χ2v) is 3.89. The summed E-state index contributed by atoms with van der Waals surface area (Å²) in [6.07, 6.45) is 3.77. The lowest BCUT2D eigenvalue weighted by molar-refractivity contribution is 0.617. The molecule has 0 saturated heterocycles. The summed E-state index contributed by atoms with van der Waals surface area (Å²) < 4.78 is 0. The van der Waals surface area contributed by atoms with Crippen molar-refractivity contribution in [3.63, 3.8) is 0 Å². The summed E-state index contributed by atoms with van der Waals surface area (Å²) in [4.78, 5) is 0. The Kier molecular flexibility index (Phi) is 7.77. The zero-order chi connectivity index (χ0) is 11.1. The van der Waals surface area contributed by atoms with Crippen LogP contribution < -0.4 is 16.8 Å². The average Bonchev–Trinajstić information content (AvgIpc) is 2.16. The summed E-state index contributed by atoms with van der Waals surface area (Å²) >= 11 is 0. The lowest BCUT2D eigenvalue weighted by atomic mass is 10.1. The highest BCUT2D eigenvalue weighted by atomic mass is 35.5. The van der Waals surface area contributed by atoms with E-state index in [0.717, 1.165) is 30.0 Å². The van der Waals surface area contributed by atoms with E-state index < -0.39 is 0 Å². The maximum absolute atomic E-state index is 5.70. The topological polar surface area (TPSA) is 64.1 Å². The molecule has 0 amide bonds. The standard InChI is InChI=1S/C12H21N3.ClH/c1-2-3-4-5-15-9-10-6-11(13)8-12(14)7-10;/h6-8,15H,2-5,9,13-14H2,1H3;1H. The summed E-state index contributed by atoms with van der Waals surface area (Å²) in [5, 5.41) is 3.38. The van der Waals surface area contributed by atoms with Gasteiger partial charge in [-0.15, -0.1) is 12.4 Å². The first-order valence-corrected chi connectivity index (χ1v) is 5.58. The summed E-state index contributed by atoms with van der Waals surface area (Å²) in [6, 6.07) is 5.70. The normalized spacial score (nSPS) is 9.81. The Morgan fingerprint density at radius 3 is 2.25 bits per heavy atom. The Hall–Kier alpha value is -0.930. The van der Waals surface area contributed by atoms with Crippen LogP contribution in [0.4, 0.5) is 11.4 Å². The highest BCUT2D eigenvalue weighted by Crippen LogP contribution is 2.13. The van der Waals surface area contributed by atoms with Gasteiger partial charge in [-0.3, -0.25) is 0 Å². The van der Waals surface area contributed by atoms with Crippen LogP contribution in [-0.2, 0) is 6.54 Å². The van der Waals surface area contributed by atoms with E-state index in [-0.39, 0.29) is 12.4 Å². The minimum atomic E-state index is 0. The average molecular weight is 244 g/mol. The lowest BCUT2D eigenvalue weighted by Crippen LogP contribution is -2.14. The van der Waals surface area contributed by atoms with Gasteiger partial charge in [0.15, 0.2) is 0 Å². The van der Waals surface area contributed by atoms with Crippen molar-refractivity contribution in [3.8, 4) is 0 Å². The van der Waals surface area contributed by atoms with E-state index in [9.17, 15) is 0 Å². The van der Waals surface area contributed by atoms with Crippen LogP contribution in [0.1, 0.15) is 31.7 Å². The highest BCUT2D eigenvalue weighted by molar-refractivity contribution is 5.85. The molecule has 0 fully saturated rings. The van der Waals surface area contributed by atoms with Crippen molar-refractivity contribution in [1.29, 1.82) is 0 Å². The third-order valence-corrected chi connectivity index (χ3v) is 2.32. The van der Waals surface area contributed by atoms with Crippen molar-refractivity contribution in [1.82, 2.24) is 5.32 Å². The van der Waals surface area contributed by atoms with Crippen molar-refractivity contribution in [2.24, 2.45) is 0 Å². The van der Waals surface area contributed by atoms with Gasteiger partial charge in [-0.25, -0.2) is 0 Å². The van der Waals surface area contributed by atoms with Gasteiger partial charge in [0.2, 0.25) is 0 Å². The summed E-state index contributed by atoms with van der Waals surface area (Å²) in [7, 11) is 0. The second kappa shape index (κ2) is 8.25. The van der Waals surface area contributed by atoms with Crippen LogP contribution in [-0.4, -0.2) is 6.54 Å². The third kappa shape index (κ3) is 5.83. The van der Waals surface area contributed by atoms with Gasteiger partial charge in [0.05, 0.1) is 0 Å². The quantitative estimate of drug-likeness (QED) is 0.532. The van der Waals surface area contributed by atoms with Gasteiger partial charge >= 0.3 is 0 Å². The third-order valence-electron chi connectivity index (χ3n) is 2.32. The van der Waals surface area contributed by atoms with Gasteiger partial charge < -0.3 is 16.8 Å². The first kappa shape index (κ1) is 15.1. The summed E-state index contributed by atoms with van der Waals surface area (Å²) in [5.41, 5.74) is 14.0. The maximum atomic E-state index is 5.70. The number of hydrogen-bond donors (Lipinski definition) is 3. The van der Waals surface area contributed by atoms with Gasteiger partial charge in [-0.2, -0.15) is 0 Å². The highest BCUT2D eigenvalue weighted by Gasteiger charge is 1.96. The van der Waals surface area contributed by atoms with E-state index >= 15 is 0 Å². The van der Waals surface area contributed by atoms with E-state index in [0.29, 0.717) is 0 Å². The number of nitrogens with one attached hydrogen (secondary N) is 1. The predicted molar refractivity (Wildman–Crippen MR) is 73.7 cm³/mol. The molecule has 0 heterocycles. The molecule has 1 aromatic rings. The van der Waals surface area contributed by atoms with Crippen molar-refractivity contribution >= 4 is 23.8 Å². The molecule has 3 nitrogen and oxygen atoms in total. The molecule has 0 radical (unpaired) electrons. The summed E-state index contributed by atoms with van der Waals surface area (Å²) in [6.45, 7) is 4.11. The zero-order valence-electron chi connectivity index (χ0n) is 9.83. The van der Waals surface area contributed by atoms with E-state index in [1.54, 1.807) is 6.07 Å². The first-order valence-electron chi connectivity index (χ1n) is 5.58. The molecule has 16 heavy (non-hydrogen) atoms. The molecule has 0 bridgehead atoms. The smallest absolute Gasteiger partial charge is 0.0337 e. The molecule has 0 atom stereocenters. The SMILES string of the molecule is CCCCCNCc1cc(N)cc(N)c1.Cl. The van der Waals surface area contributed by atoms with Crippen LogP contribution in [0, 0.1) is 0 Å². The Bertz CT molecular complexity index is 282. The van der Waals surface area contributed by atoms with E-state index in [1.807, 2.05) is 12.1 Å². The van der Waals surface area contributed by atoms with Crippen molar-refractivity contribution in [2.45, 2.75) is 32.7 Å². The number of anilines is 2. The molecule has 0 unspecified atom stereocenters. The minimum Gasteiger partial charge on any atom is -0.399 e. The second-order valence-electron chi connectivity index (χ2n) is 3.89. The molecular weight excluding hydrogens is 222 g/mol. The lowest BCUT2D eigenvalue weighted by Gasteiger charge is -2.06.